The van der Waals surface area contributed by atoms with Crippen LogP contribution in [-0.2, 0) is 16.6 Å². The van der Waals surface area contributed by atoms with Gasteiger partial charge in [0.05, 0.1) is 7.11 Å². The fourth-order valence-electron chi connectivity index (χ4n) is 1.81. The predicted molar refractivity (Wildman–Crippen MR) is 84.3 cm³/mol. The number of likely N-dealkylation sites (N-methyl/N-ethyl adjacent to an activating group) is 1. The molecule has 0 unspecified atom stereocenters. The molecule has 0 bridgehead atoms. The lowest BCUT2D eigenvalue weighted by Gasteiger charge is -2.16. The summed E-state index contributed by atoms with van der Waals surface area (Å²) < 4.78 is 32.5. The van der Waals surface area contributed by atoms with Crippen LogP contribution in [0.5, 0.6) is 5.75 Å². The van der Waals surface area contributed by atoms with E-state index >= 15 is 0 Å². The van der Waals surface area contributed by atoms with Gasteiger partial charge in [0.2, 0.25) is 10.0 Å². The molecule has 1 rings (SSSR count). The zero-order chi connectivity index (χ0) is 16.0. The Morgan fingerprint density at radius 2 is 2.10 bits per heavy atom. The molecule has 1 aromatic carbocycles. The van der Waals surface area contributed by atoms with Crippen LogP contribution in [0.4, 0.5) is 0 Å². The summed E-state index contributed by atoms with van der Waals surface area (Å²) in [7, 11) is -0.377. The quantitative estimate of drug-likeness (QED) is 0.741. The van der Waals surface area contributed by atoms with Crippen LogP contribution in [0.3, 0.4) is 0 Å². The second-order valence-electron chi connectivity index (χ2n) is 4.59. The van der Waals surface area contributed by atoms with Crippen LogP contribution in [0.2, 0.25) is 5.02 Å². The zero-order valence-corrected chi connectivity index (χ0v) is 14.1. The highest BCUT2D eigenvalue weighted by atomic mass is 35.5. The first-order valence-corrected chi connectivity index (χ1v) is 8.46. The number of hydrogen-bond donors (Lipinski definition) is 2. The molecule has 6 nitrogen and oxygen atoms in total. The van der Waals surface area contributed by atoms with Gasteiger partial charge in [0.1, 0.15) is 10.6 Å². The van der Waals surface area contributed by atoms with Gasteiger partial charge in [-0.1, -0.05) is 18.5 Å². The zero-order valence-electron chi connectivity index (χ0n) is 12.5. The van der Waals surface area contributed by atoms with Crippen molar-refractivity contribution in [1.82, 2.24) is 9.62 Å². The number of methoxy groups -OCH3 is 1. The van der Waals surface area contributed by atoms with Gasteiger partial charge in [-0.2, -0.15) is 0 Å². The van der Waals surface area contributed by atoms with Gasteiger partial charge in [0.15, 0.2) is 0 Å². The lowest BCUT2D eigenvalue weighted by molar-refractivity contribution is 0.357. The molecule has 21 heavy (non-hydrogen) atoms. The van der Waals surface area contributed by atoms with Crippen molar-refractivity contribution < 1.29 is 13.2 Å². The third-order valence-corrected chi connectivity index (χ3v) is 4.82. The number of nitrogens with one attached hydrogen (secondary N) is 1. The smallest absolute Gasteiger partial charge is 0.244 e. The maximum Gasteiger partial charge on any atom is 0.244 e. The number of sulfonamides is 1. The van der Waals surface area contributed by atoms with Crippen LogP contribution in [-0.4, -0.2) is 47.1 Å². The van der Waals surface area contributed by atoms with Crippen molar-refractivity contribution in [2.24, 2.45) is 5.73 Å². The molecule has 0 saturated heterocycles. The molecule has 0 saturated carbocycles. The summed E-state index contributed by atoms with van der Waals surface area (Å²) in [5, 5.41) is 0.308. The first kappa shape index (κ1) is 18.2. The molecule has 0 aliphatic heterocycles. The first-order valence-electron chi connectivity index (χ1n) is 6.60. The van der Waals surface area contributed by atoms with Crippen molar-refractivity contribution in [3.63, 3.8) is 0 Å². The highest BCUT2D eigenvalue weighted by molar-refractivity contribution is 7.89. The molecule has 0 radical (unpaired) electrons. The molecular formula is C13H22ClN3O3S. The van der Waals surface area contributed by atoms with Crippen molar-refractivity contribution in [3.05, 3.63) is 22.7 Å². The summed E-state index contributed by atoms with van der Waals surface area (Å²) in [6, 6.07) is 2.97. The fourth-order valence-corrected chi connectivity index (χ4v) is 3.37. The van der Waals surface area contributed by atoms with Crippen LogP contribution in [0.1, 0.15) is 12.5 Å². The average Bonchev–Trinajstić information content (AvgIpc) is 2.45. The van der Waals surface area contributed by atoms with Gasteiger partial charge in [-0.3, -0.25) is 0 Å². The highest BCUT2D eigenvalue weighted by Crippen LogP contribution is 2.31. The summed E-state index contributed by atoms with van der Waals surface area (Å²) in [5.74, 6) is 0.234. The average molecular weight is 336 g/mol. The second-order valence-corrected chi connectivity index (χ2v) is 6.77. The monoisotopic (exact) mass is 335 g/mol. The van der Waals surface area contributed by atoms with E-state index < -0.39 is 10.0 Å². The summed E-state index contributed by atoms with van der Waals surface area (Å²) in [4.78, 5) is 2.01. The predicted octanol–water partition coefficient (Wildman–Crippen LogP) is 1.04. The molecule has 3 N–H and O–H groups in total. The van der Waals surface area contributed by atoms with E-state index in [0.29, 0.717) is 23.7 Å². The van der Waals surface area contributed by atoms with E-state index in [1.807, 2.05) is 18.9 Å². The number of halogens is 1. The van der Waals surface area contributed by atoms with Gasteiger partial charge in [0.25, 0.3) is 0 Å². The fraction of sp³-hybridized carbons (Fsp3) is 0.538. The first-order chi connectivity index (χ1) is 9.85. The molecule has 0 heterocycles. The molecule has 0 spiro atoms. The summed E-state index contributed by atoms with van der Waals surface area (Å²) in [6.45, 7) is 3.91. The molecule has 120 valence electrons. The lowest BCUT2D eigenvalue weighted by atomic mass is 10.2. The Morgan fingerprint density at radius 1 is 1.43 bits per heavy atom. The number of nitrogens with two attached hydrogens (primary N) is 1. The van der Waals surface area contributed by atoms with Crippen molar-refractivity contribution in [3.8, 4) is 5.75 Å². The van der Waals surface area contributed by atoms with Crippen molar-refractivity contribution >= 4 is 21.6 Å². The second kappa shape index (κ2) is 7.95. The van der Waals surface area contributed by atoms with E-state index in [1.54, 1.807) is 6.07 Å². The van der Waals surface area contributed by atoms with E-state index in [0.717, 1.165) is 6.54 Å². The third-order valence-electron chi connectivity index (χ3n) is 3.14. The van der Waals surface area contributed by atoms with Gasteiger partial charge in [-0.25, -0.2) is 13.1 Å². The van der Waals surface area contributed by atoms with Gasteiger partial charge in [-0.05, 0) is 25.7 Å². The standard InChI is InChI=1S/C13H22ClN3O3S/c1-4-17(2)6-5-16-21(18,19)12-8-11(14)7-10(9-15)13(12)20-3/h7-8,16H,4-6,9,15H2,1-3H3. The summed E-state index contributed by atoms with van der Waals surface area (Å²) in [5.41, 5.74) is 6.16. The van der Waals surface area contributed by atoms with E-state index in [-0.39, 0.29) is 17.2 Å². The maximum absolute atomic E-state index is 12.4. The van der Waals surface area contributed by atoms with Crippen molar-refractivity contribution in [1.29, 1.82) is 0 Å². The van der Waals surface area contributed by atoms with Crippen LogP contribution < -0.4 is 15.2 Å². The van der Waals surface area contributed by atoms with E-state index in [9.17, 15) is 8.42 Å². The molecule has 0 atom stereocenters. The topological polar surface area (TPSA) is 84.7 Å². The summed E-state index contributed by atoms with van der Waals surface area (Å²) in [6.07, 6.45) is 0. The van der Waals surface area contributed by atoms with Crippen molar-refractivity contribution in [2.45, 2.75) is 18.4 Å². The number of benzene rings is 1. The van der Waals surface area contributed by atoms with Gasteiger partial charge >= 0.3 is 0 Å². The third kappa shape index (κ3) is 4.82. The van der Waals surface area contributed by atoms with E-state index in [4.69, 9.17) is 22.1 Å². The Bertz CT molecular complexity index is 578. The molecule has 0 fully saturated rings. The maximum atomic E-state index is 12.4. The van der Waals surface area contributed by atoms with E-state index in [1.165, 1.54) is 13.2 Å². The minimum absolute atomic E-state index is 0.0112. The molecule has 0 amide bonds. The molecule has 0 aliphatic carbocycles. The van der Waals surface area contributed by atoms with Crippen LogP contribution >= 0.6 is 11.6 Å². The Labute approximate surface area is 131 Å². The molecule has 1 aromatic rings. The van der Waals surface area contributed by atoms with Crippen LogP contribution in [0, 0.1) is 0 Å². The minimum Gasteiger partial charge on any atom is -0.495 e. The minimum atomic E-state index is -3.70. The highest BCUT2D eigenvalue weighted by Gasteiger charge is 2.22. The normalized spacial score (nSPS) is 11.9. The largest absolute Gasteiger partial charge is 0.495 e. The van der Waals surface area contributed by atoms with Crippen LogP contribution in [0.25, 0.3) is 0 Å². The molecule has 0 aromatic heterocycles. The Balaban J connectivity index is 3.04. The van der Waals surface area contributed by atoms with Gasteiger partial charge < -0.3 is 15.4 Å². The Kier molecular flexibility index (Phi) is 6.89. The van der Waals surface area contributed by atoms with Crippen LogP contribution in [0.15, 0.2) is 17.0 Å². The van der Waals surface area contributed by atoms with Crippen molar-refractivity contribution in [2.75, 3.05) is 33.8 Å². The summed E-state index contributed by atoms with van der Waals surface area (Å²) >= 11 is 5.96. The number of nitrogens with zero attached hydrogens (tertiary/aromatic N) is 1. The number of hydrogen-bond acceptors (Lipinski definition) is 5. The number of ether oxygens (including phenoxy) is 1. The van der Waals surface area contributed by atoms with Gasteiger partial charge in [-0.15, -0.1) is 0 Å². The van der Waals surface area contributed by atoms with E-state index in [2.05, 4.69) is 4.72 Å². The number of rotatable bonds is 8. The lowest BCUT2D eigenvalue weighted by Crippen LogP contribution is -2.33. The Morgan fingerprint density at radius 3 is 2.62 bits per heavy atom. The molecule has 0 aliphatic rings. The Hall–Kier alpha value is -0.860. The molecule has 8 heteroatoms. The van der Waals surface area contributed by atoms with Gasteiger partial charge in [0, 0.05) is 30.2 Å². The SMILES string of the molecule is CCN(C)CCNS(=O)(=O)c1cc(Cl)cc(CN)c1OC. The molecular weight excluding hydrogens is 314 g/mol.